The van der Waals surface area contributed by atoms with Crippen LogP contribution in [-0.2, 0) is 11.3 Å². The van der Waals surface area contributed by atoms with Crippen molar-refractivity contribution in [3.05, 3.63) is 75.8 Å². The molecule has 0 aliphatic carbocycles. The van der Waals surface area contributed by atoms with Crippen molar-refractivity contribution in [2.75, 3.05) is 12.8 Å². The molecule has 3 aromatic rings. The van der Waals surface area contributed by atoms with Crippen LogP contribution in [0.2, 0.25) is 0 Å². The number of hydrogen-bond donors (Lipinski definition) is 1. The largest absolute Gasteiger partial charge is 0.485 e. The number of halogens is 2. The summed E-state index contributed by atoms with van der Waals surface area (Å²) < 4.78 is 26.7. The number of anilines is 1. The number of methoxy groups -OCH3 is 1. The smallest absolute Gasteiger partial charge is 0.357 e. The number of nitrogen functional groups attached to an aromatic ring is 1. The molecule has 0 spiro atoms. The Morgan fingerprint density at radius 1 is 1.32 bits per heavy atom. The molecular formula is C20H15BrFN3O3. The maximum absolute atomic E-state index is 14.7. The summed E-state index contributed by atoms with van der Waals surface area (Å²) in [5, 5.41) is 9.19. The molecule has 28 heavy (non-hydrogen) atoms. The maximum atomic E-state index is 14.7. The van der Waals surface area contributed by atoms with E-state index in [1.54, 1.807) is 6.07 Å². The molecular weight excluding hydrogens is 429 g/mol. The van der Waals surface area contributed by atoms with Crippen LogP contribution in [0.15, 0.2) is 53.1 Å². The fourth-order valence-corrected chi connectivity index (χ4v) is 3.21. The number of benzene rings is 2. The molecule has 0 saturated heterocycles. The number of nitrogens with zero attached hydrogens (tertiary/aromatic N) is 2. The fourth-order valence-electron chi connectivity index (χ4n) is 2.67. The van der Waals surface area contributed by atoms with Crippen LogP contribution >= 0.6 is 15.9 Å². The van der Waals surface area contributed by atoms with Gasteiger partial charge >= 0.3 is 5.97 Å². The molecule has 1 heterocycles. The monoisotopic (exact) mass is 443 g/mol. The second-order valence-electron chi connectivity index (χ2n) is 5.79. The number of rotatable bonds is 5. The molecule has 0 aliphatic rings. The van der Waals surface area contributed by atoms with Gasteiger partial charge in [0.05, 0.1) is 28.5 Å². The normalized spacial score (nSPS) is 10.4. The van der Waals surface area contributed by atoms with E-state index < -0.39 is 11.8 Å². The molecule has 0 bridgehead atoms. The van der Waals surface area contributed by atoms with E-state index in [1.165, 1.54) is 23.9 Å². The van der Waals surface area contributed by atoms with Gasteiger partial charge in [-0.3, -0.25) is 0 Å². The zero-order valence-corrected chi connectivity index (χ0v) is 16.4. The Balaban J connectivity index is 1.99. The first kappa shape index (κ1) is 19.5. The van der Waals surface area contributed by atoms with Crippen LogP contribution in [0, 0.1) is 17.1 Å². The van der Waals surface area contributed by atoms with Gasteiger partial charge in [0.25, 0.3) is 0 Å². The molecule has 8 heteroatoms. The highest BCUT2D eigenvalue weighted by Gasteiger charge is 2.23. The lowest BCUT2D eigenvalue weighted by Crippen LogP contribution is -2.11. The summed E-state index contributed by atoms with van der Waals surface area (Å²) in [5.41, 5.74) is 7.05. The molecule has 1 aromatic heterocycles. The molecule has 3 rings (SSSR count). The first-order chi connectivity index (χ1) is 13.5. The first-order valence-electron chi connectivity index (χ1n) is 8.11. The molecule has 0 unspecified atom stereocenters. The molecule has 142 valence electrons. The summed E-state index contributed by atoms with van der Waals surface area (Å²) in [5.74, 6) is -1.34. The summed E-state index contributed by atoms with van der Waals surface area (Å²) in [6.45, 7) is 0.193. The van der Waals surface area contributed by atoms with Crippen LogP contribution in [0.5, 0.6) is 5.75 Å². The third-order valence-electron chi connectivity index (χ3n) is 4.03. The Labute approximate surface area is 169 Å². The molecule has 0 saturated carbocycles. The van der Waals surface area contributed by atoms with Gasteiger partial charge in [0.15, 0.2) is 17.3 Å². The van der Waals surface area contributed by atoms with Crippen molar-refractivity contribution >= 4 is 27.6 Å². The third kappa shape index (κ3) is 3.70. The van der Waals surface area contributed by atoms with Gasteiger partial charge in [0.2, 0.25) is 0 Å². The van der Waals surface area contributed by atoms with Crippen LogP contribution in [0.25, 0.3) is 5.69 Å². The van der Waals surface area contributed by atoms with Crippen LogP contribution < -0.4 is 10.5 Å². The topological polar surface area (TPSA) is 90.3 Å². The molecule has 2 aromatic carbocycles. The summed E-state index contributed by atoms with van der Waals surface area (Å²) in [6.07, 6.45) is 1.35. The van der Waals surface area contributed by atoms with Gasteiger partial charge in [0.1, 0.15) is 12.7 Å². The second kappa shape index (κ2) is 8.15. The van der Waals surface area contributed by atoms with E-state index >= 15 is 0 Å². The van der Waals surface area contributed by atoms with Crippen LogP contribution in [0.4, 0.5) is 10.1 Å². The Kier molecular flexibility index (Phi) is 5.66. The van der Waals surface area contributed by atoms with Gasteiger partial charge in [-0.15, -0.1) is 0 Å². The molecule has 6 nitrogen and oxygen atoms in total. The van der Waals surface area contributed by atoms with Gasteiger partial charge < -0.3 is 19.8 Å². The lowest BCUT2D eigenvalue weighted by Gasteiger charge is -2.13. The number of nitrogens with two attached hydrogens (primary N) is 1. The van der Waals surface area contributed by atoms with Gasteiger partial charge in [-0.05, 0) is 27.6 Å². The van der Waals surface area contributed by atoms with E-state index in [-0.39, 0.29) is 35.0 Å². The Bertz CT molecular complexity index is 1050. The fraction of sp³-hybridized carbons (Fsp3) is 0.100. The van der Waals surface area contributed by atoms with Crippen molar-refractivity contribution in [2.24, 2.45) is 0 Å². The van der Waals surface area contributed by atoms with E-state index in [4.69, 9.17) is 15.2 Å². The van der Waals surface area contributed by atoms with E-state index in [9.17, 15) is 14.4 Å². The molecule has 0 radical (unpaired) electrons. The predicted octanol–water partition coefficient (Wildman–Crippen LogP) is 4.20. The van der Waals surface area contributed by atoms with E-state index in [1.807, 2.05) is 36.4 Å². The molecule has 0 atom stereocenters. The van der Waals surface area contributed by atoms with Crippen molar-refractivity contribution in [3.63, 3.8) is 0 Å². The van der Waals surface area contributed by atoms with E-state index in [2.05, 4.69) is 15.9 Å². The van der Waals surface area contributed by atoms with E-state index in [0.29, 0.717) is 4.47 Å². The van der Waals surface area contributed by atoms with Crippen LogP contribution in [0.3, 0.4) is 0 Å². The lowest BCUT2D eigenvalue weighted by molar-refractivity contribution is 0.0593. The minimum Gasteiger partial charge on any atom is -0.485 e. The van der Waals surface area contributed by atoms with Crippen molar-refractivity contribution in [2.45, 2.75) is 6.61 Å². The molecule has 0 fully saturated rings. The second-order valence-corrected chi connectivity index (χ2v) is 6.65. The van der Waals surface area contributed by atoms with Gasteiger partial charge in [0, 0.05) is 12.3 Å². The molecule has 0 amide bonds. The standard InChI is InChI=1S/C20H15BrFN3O3/c1-27-20(26)18-17(24)13(9-23)10-25(18)14-7-15(21)19(16(22)8-14)28-11-12-5-3-2-4-6-12/h2-8,10H,11,24H2,1H3. The number of esters is 1. The highest BCUT2D eigenvalue weighted by Crippen LogP contribution is 2.34. The summed E-state index contributed by atoms with van der Waals surface area (Å²) >= 11 is 3.30. The maximum Gasteiger partial charge on any atom is 0.357 e. The van der Waals surface area contributed by atoms with Gasteiger partial charge in [-0.25, -0.2) is 9.18 Å². The lowest BCUT2D eigenvalue weighted by atomic mass is 10.2. The minimum absolute atomic E-state index is 0.0321. The number of carbonyl (C=O) groups is 1. The average molecular weight is 444 g/mol. The summed E-state index contributed by atoms with van der Waals surface area (Å²) in [6, 6.07) is 14.0. The summed E-state index contributed by atoms with van der Waals surface area (Å²) in [7, 11) is 1.20. The SMILES string of the molecule is COC(=O)c1c(N)c(C#N)cn1-c1cc(F)c(OCc2ccccc2)c(Br)c1. The van der Waals surface area contributed by atoms with Gasteiger partial charge in [-0.2, -0.15) is 5.26 Å². The van der Waals surface area contributed by atoms with Crippen LogP contribution in [-0.4, -0.2) is 17.6 Å². The van der Waals surface area contributed by atoms with Crippen molar-refractivity contribution in [3.8, 4) is 17.5 Å². The minimum atomic E-state index is -0.736. The Morgan fingerprint density at radius 2 is 2.04 bits per heavy atom. The molecule has 2 N–H and O–H groups in total. The zero-order valence-electron chi connectivity index (χ0n) is 14.8. The number of ether oxygens (including phenoxy) is 2. The third-order valence-corrected chi connectivity index (χ3v) is 4.62. The number of hydrogen-bond acceptors (Lipinski definition) is 5. The van der Waals surface area contributed by atoms with Crippen molar-refractivity contribution < 1.29 is 18.7 Å². The highest BCUT2D eigenvalue weighted by atomic mass is 79.9. The Hall–Kier alpha value is -3.31. The number of nitriles is 1. The molecule has 0 aliphatic heterocycles. The van der Waals surface area contributed by atoms with E-state index in [0.717, 1.165) is 5.56 Å². The van der Waals surface area contributed by atoms with Crippen molar-refractivity contribution in [1.29, 1.82) is 5.26 Å². The number of aromatic nitrogens is 1. The van der Waals surface area contributed by atoms with Crippen molar-refractivity contribution in [1.82, 2.24) is 4.57 Å². The van der Waals surface area contributed by atoms with Gasteiger partial charge in [-0.1, -0.05) is 30.3 Å². The number of carbonyl (C=O) groups excluding carboxylic acids is 1. The predicted molar refractivity (Wildman–Crippen MR) is 105 cm³/mol. The quantitative estimate of drug-likeness (QED) is 0.596. The Morgan fingerprint density at radius 3 is 2.64 bits per heavy atom. The van der Waals surface area contributed by atoms with Crippen LogP contribution in [0.1, 0.15) is 21.6 Å². The zero-order chi connectivity index (χ0) is 20.3. The average Bonchev–Trinajstić information content (AvgIpc) is 3.03. The first-order valence-corrected chi connectivity index (χ1v) is 8.91. The summed E-state index contributed by atoms with van der Waals surface area (Å²) in [4.78, 5) is 12.1. The highest BCUT2D eigenvalue weighted by molar-refractivity contribution is 9.10.